The molecule has 1 aromatic carbocycles. The number of aryl methyl sites for hydroxylation is 1. The molecule has 1 atom stereocenters. The SMILES string of the molecule is Cn1cncc1C(=O)C1=Cc2cccnc2C(N2CCN(C(=O)OC(C)(C)C)CC2)c2ccc(Cl)cc21. The van der Waals surface area contributed by atoms with E-state index in [2.05, 4.69) is 9.88 Å². The van der Waals surface area contributed by atoms with Crippen LogP contribution in [0.25, 0.3) is 11.6 Å². The molecule has 3 aromatic rings. The number of benzene rings is 1. The summed E-state index contributed by atoms with van der Waals surface area (Å²) in [5.74, 6) is -0.131. The highest BCUT2D eigenvalue weighted by Gasteiger charge is 2.35. The second-order valence-electron chi connectivity index (χ2n) is 10.4. The lowest BCUT2D eigenvalue weighted by atomic mass is 9.91. The number of ether oxygens (including phenoxy) is 1. The van der Waals surface area contributed by atoms with Crippen LogP contribution in [0.15, 0.2) is 49.1 Å². The third-order valence-corrected chi connectivity index (χ3v) is 6.89. The zero-order valence-corrected chi connectivity index (χ0v) is 22.2. The van der Waals surface area contributed by atoms with Crippen LogP contribution < -0.4 is 0 Å². The van der Waals surface area contributed by atoms with Crippen molar-refractivity contribution < 1.29 is 14.3 Å². The van der Waals surface area contributed by atoms with E-state index in [0.717, 1.165) is 22.4 Å². The summed E-state index contributed by atoms with van der Waals surface area (Å²) in [5.41, 5.74) is 3.96. The summed E-state index contributed by atoms with van der Waals surface area (Å²) >= 11 is 6.46. The molecular weight excluding hydrogens is 490 g/mol. The van der Waals surface area contributed by atoms with E-state index in [1.807, 2.05) is 57.2 Å². The third-order valence-electron chi connectivity index (χ3n) is 6.66. The Hall–Kier alpha value is -3.49. The largest absolute Gasteiger partial charge is 0.444 e. The van der Waals surface area contributed by atoms with Gasteiger partial charge in [-0.2, -0.15) is 0 Å². The van der Waals surface area contributed by atoms with Gasteiger partial charge in [0.25, 0.3) is 0 Å². The Morgan fingerprint density at radius 2 is 1.86 bits per heavy atom. The highest BCUT2D eigenvalue weighted by molar-refractivity contribution is 6.34. The first-order valence-corrected chi connectivity index (χ1v) is 12.7. The van der Waals surface area contributed by atoms with Gasteiger partial charge in [0.15, 0.2) is 0 Å². The van der Waals surface area contributed by atoms with Crippen molar-refractivity contribution in [3.63, 3.8) is 0 Å². The minimum atomic E-state index is -0.543. The van der Waals surface area contributed by atoms with Crippen molar-refractivity contribution in [3.05, 3.63) is 82.2 Å². The topological polar surface area (TPSA) is 80.6 Å². The maximum absolute atomic E-state index is 13.8. The molecule has 1 fully saturated rings. The highest BCUT2D eigenvalue weighted by atomic mass is 35.5. The van der Waals surface area contributed by atoms with Gasteiger partial charge in [-0.1, -0.05) is 23.7 Å². The number of pyridine rings is 1. The standard InChI is InChI=1S/C28H30ClN5O3/c1-28(2,3)37-27(36)34-12-10-33(11-13-34)25-20-8-7-19(29)15-21(20)22(14-18-6-5-9-31-24(18)25)26(35)23-16-30-17-32(23)4/h5-9,14-17,25H,10-13H2,1-4H3. The second kappa shape index (κ2) is 9.76. The summed E-state index contributed by atoms with van der Waals surface area (Å²) in [5, 5.41) is 0.551. The summed E-state index contributed by atoms with van der Waals surface area (Å²) in [4.78, 5) is 39.4. The number of fused-ring (bicyclic) bond motifs is 2. The van der Waals surface area contributed by atoms with Crippen molar-refractivity contribution in [1.29, 1.82) is 0 Å². The van der Waals surface area contributed by atoms with Crippen molar-refractivity contribution in [3.8, 4) is 0 Å². The van der Waals surface area contributed by atoms with E-state index in [0.29, 0.717) is 42.5 Å². The van der Waals surface area contributed by atoms with Crippen molar-refractivity contribution >= 4 is 35.1 Å². The van der Waals surface area contributed by atoms with Gasteiger partial charge in [-0.15, -0.1) is 0 Å². The molecule has 192 valence electrons. The molecule has 1 aliphatic heterocycles. The van der Waals surface area contributed by atoms with Crippen LogP contribution in [-0.4, -0.2) is 68.0 Å². The van der Waals surface area contributed by atoms with Gasteiger partial charge in [0.1, 0.15) is 11.3 Å². The number of hydrogen-bond acceptors (Lipinski definition) is 6. The molecule has 1 unspecified atom stereocenters. The first kappa shape index (κ1) is 25.2. The van der Waals surface area contributed by atoms with E-state index >= 15 is 0 Å². The average Bonchev–Trinajstić information content (AvgIpc) is 3.23. The lowest BCUT2D eigenvalue weighted by Crippen LogP contribution is -2.51. The molecule has 5 rings (SSSR count). The summed E-state index contributed by atoms with van der Waals surface area (Å²) in [6, 6.07) is 9.34. The predicted octanol–water partition coefficient (Wildman–Crippen LogP) is 4.85. The fourth-order valence-corrected chi connectivity index (χ4v) is 5.09. The molecule has 3 heterocycles. The van der Waals surface area contributed by atoms with Crippen LogP contribution >= 0.6 is 11.6 Å². The van der Waals surface area contributed by atoms with Gasteiger partial charge in [-0.05, 0) is 61.7 Å². The molecule has 0 N–H and O–H groups in total. The number of Topliss-reactive ketones (excluding diaryl/α,β-unsaturated/α-hetero) is 1. The van der Waals surface area contributed by atoms with Gasteiger partial charge >= 0.3 is 6.09 Å². The Morgan fingerprint density at radius 3 is 2.54 bits per heavy atom. The van der Waals surface area contributed by atoms with Gasteiger partial charge < -0.3 is 14.2 Å². The van der Waals surface area contributed by atoms with Crippen LogP contribution in [0.4, 0.5) is 4.79 Å². The number of aromatic nitrogens is 3. The molecular formula is C28H30ClN5O3. The number of ketones is 1. The molecule has 1 aliphatic carbocycles. The predicted molar refractivity (Wildman–Crippen MR) is 142 cm³/mol. The smallest absolute Gasteiger partial charge is 0.410 e. The quantitative estimate of drug-likeness (QED) is 0.460. The molecule has 0 saturated carbocycles. The number of carbonyl (C=O) groups is 2. The van der Waals surface area contributed by atoms with Crippen LogP contribution in [0.2, 0.25) is 5.02 Å². The van der Waals surface area contributed by atoms with Gasteiger partial charge in [0.2, 0.25) is 5.78 Å². The van der Waals surface area contributed by atoms with E-state index in [1.165, 1.54) is 0 Å². The lowest BCUT2D eigenvalue weighted by molar-refractivity contribution is 0.0118. The minimum Gasteiger partial charge on any atom is -0.444 e. The third kappa shape index (κ3) is 5.04. The molecule has 2 aromatic heterocycles. The number of nitrogens with zero attached hydrogens (tertiary/aromatic N) is 5. The fraction of sp³-hybridized carbons (Fsp3) is 0.357. The van der Waals surface area contributed by atoms with Crippen LogP contribution in [0, 0.1) is 0 Å². The fourth-order valence-electron chi connectivity index (χ4n) is 4.92. The molecule has 8 nitrogen and oxygen atoms in total. The van der Waals surface area contributed by atoms with Gasteiger partial charge in [-0.25, -0.2) is 9.78 Å². The Balaban J connectivity index is 1.54. The molecule has 1 amide bonds. The van der Waals surface area contributed by atoms with Gasteiger partial charge in [-0.3, -0.25) is 14.7 Å². The number of imidazole rings is 1. The van der Waals surface area contributed by atoms with Crippen molar-refractivity contribution in [2.24, 2.45) is 7.05 Å². The summed E-state index contributed by atoms with van der Waals surface area (Å²) in [7, 11) is 1.80. The molecule has 9 heteroatoms. The molecule has 0 radical (unpaired) electrons. The van der Waals surface area contributed by atoms with Crippen LogP contribution in [0.1, 0.15) is 59.7 Å². The molecule has 0 spiro atoms. The number of carbonyl (C=O) groups excluding carboxylic acids is 2. The second-order valence-corrected chi connectivity index (χ2v) is 10.8. The summed E-state index contributed by atoms with van der Waals surface area (Å²) in [6.07, 6.45) is 6.58. The number of amides is 1. The van der Waals surface area contributed by atoms with Gasteiger partial charge in [0.05, 0.1) is 24.3 Å². The lowest BCUT2D eigenvalue weighted by Gasteiger charge is -2.40. The molecule has 0 bridgehead atoms. The summed E-state index contributed by atoms with van der Waals surface area (Å²) < 4.78 is 7.30. The van der Waals surface area contributed by atoms with Gasteiger partial charge in [0, 0.05) is 50.0 Å². The van der Waals surface area contributed by atoms with Crippen LogP contribution in [0.5, 0.6) is 0 Å². The first-order chi connectivity index (χ1) is 17.6. The molecule has 1 saturated heterocycles. The van der Waals surface area contributed by atoms with Crippen LogP contribution in [0.3, 0.4) is 0 Å². The minimum absolute atomic E-state index is 0.131. The normalized spacial score (nSPS) is 17.9. The Labute approximate surface area is 221 Å². The Bertz CT molecular complexity index is 1380. The van der Waals surface area contributed by atoms with E-state index in [1.54, 1.807) is 35.2 Å². The summed E-state index contributed by atoms with van der Waals surface area (Å²) in [6.45, 7) is 7.94. The number of halogens is 1. The Kier molecular flexibility index (Phi) is 6.64. The Morgan fingerprint density at radius 1 is 1.11 bits per heavy atom. The first-order valence-electron chi connectivity index (χ1n) is 12.3. The van der Waals surface area contributed by atoms with Crippen molar-refractivity contribution in [2.45, 2.75) is 32.4 Å². The zero-order valence-electron chi connectivity index (χ0n) is 21.4. The average molecular weight is 520 g/mol. The highest BCUT2D eigenvalue weighted by Crippen LogP contribution is 2.41. The van der Waals surface area contributed by atoms with E-state index in [9.17, 15) is 9.59 Å². The van der Waals surface area contributed by atoms with Crippen LogP contribution in [-0.2, 0) is 11.8 Å². The maximum Gasteiger partial charge on any atom is 0.410 e. The zero-order chi connectivity index (χ0) is 26.3. The van der Waals surface area contributed by atoms with E-state index < -0.39 is 5.60 Å². The van der Waals surface area contributed by atoms with Crippen molar-refractivity contribution in [1.82, 2.24) is 24.3 Å². The van der Waals surface area contributed by atoms with E-state index in [4.69, 9.17) is 21.3 Å². The number of hydrogen-bond donors (Lipinski definition) is 0. The number of allylic oxidation sites excluding steroid dienone is 1. The number of piperazine rings is 1. The molecule has 2 aliphatic rings. The van der Waals surface area contributed by atoms with E-state index in [-0.39, 0.29) is 17.9 Å². The maximum atomic E-state index is 13.8. The molecule has 37 heavy (non-hydrogen) atoms. The monoisotopic (exact) mass is 519 g/mol. The van der Waals surface area contributed by atoms with Crippen molar-refractivity contribution in [2.75, 3.05) is 26.2 Å². The number of rotatable bonds is 3.